The number of esters is 3. The van der Waals surface area contributed by atoms with Gasteiger partial charge in [0.25, 0.3) is 5.91 Å². The zero-order valence-electron chi connectivity index (χ0n) is 28.7. The van der Waals surface area contributed by atoms with Crippen molar-refractivity contribution in [2.75, 3.05) is 28.4 Å². The van der Waals surface area contributed by atoms with E-state index in [1.165, 1.54) is 33.2 Å². The van der Waals surface area contributed by atoms with Crippen molar-refractivity contribution in [2.45, 2.75) is 84.8 Å². The van der Waals surface area contributed by atoms with E-state index in [0.717, 1.165) is 0 Å². The minimum absolute atomic E-state index is 0.0900. The number of ether oxygens (including phenoxy) is 7. The molecule has 2 aliphatic heterocycles. The van der Waals surface area contributed by atoms with E-state index in [9.17, 15) is 19.2 Å². The molecular formula is C35H41NO11. The number of rotatable bonds is 7. The Hall–Kier alpha value is -4.58. The summed E-state index contributed by atoms with van der Waals surface area (Å²) in [4.78, 5) is 55.2. The van der Waals surface area contributed by atoms with Gasteiger partial charge in [0.1, 0.15) is 28.5 Å². The molecule has 12 nitrogen and oxygen atoms in total. The fraction of sp³-hybridized carbons (Fsp3) is 0.486. The van der Waals surface area contributed by atoms with Gasteiger partial charge in [-0.15, -0.1) is 0 Å². The lowest BCUT2D eigenvalue weighted by molar-refractivity contribution is -0.192. The van der Waals surface area contributed by atoms with Crippen molar-refractivity contribution in [1.82, 2.24) is 4.90 Å². The second-order valence-corrected chi connectivity index (χ2v) is 13.7. The van der Waals surface area contributed by atoms with Crippen LogP contribution in [0, 0.1) is 0 Å². The second kappa shape index (κ2) is 11.6. The van der Waals surface area contributed by atoms with Crippen molar-refractivity contribution in [3.8, 4) is 23.0 Å². The predicted molar refractivity (Wildman–Crippen MR) is 171 cm³/mol. The zero-order valence-corrected chi connectivity index (χ0v) is 28.7. The van der Waals surface area contributed by atoms with Gasteiger partial charge in [-0.05, 0) is 64.6 Å². The van der Waals surface area contributed by atoms with Gasteiger partial charge in [-0.3, -0.25) is 14.4 Å². The maximum Gasteiger partial charge on any atom is 0.344 e. The lowest BCUT2D eigenvalue weighted by atomic mass is 9.84. The Balaban J connectivity index is 1.96. The molecule has 0 aromatic heterocycles. The largest absolute Gasteiger partial charge is 0.496 e. The third-order valence-corrected chi connectivity index (χ3v) is 7.96. The number of benzene rings is 3. The Morgan fingerprint density at radius 2 is 1.51 bits per heavy atom. The number of carbonyl (C=O) groups is 4. The van der Waals surface area contributed by atoms with Gasteiger partial charge in [0.05, 0.1) is 45.3 Å². The molecule has 1 amide bonds. The normalized spacial score (nSPS) is 17.4. The monoisotopic (exact) mass is 651 g/mol. The molecule has 252 valence electrons. The average Bonchev–Trinajstić information content (AvgIpc) is 3.46. The molecule has 2 heterocycles. The maximum atomic E-state index is 14.2. The highest BCUT2D eigenvalue weighted by Gasteiger charge is 2.55. The van der Waals surface area contributed by atoms with Crippen molar-refractivity contribution in [3.05, 3.63) is 34.4 Å². The zero-order chi connectivity index (χ0) is 34.8. The SMILES string of the molecule is COc1cc2cc3c(OC)c4c(c(OC)c3c(OC(C)=O)c2c2c1C(=O)N(C)C2)C(CC(=O)OC(C)(C)C)(C(=O)OC(C)(C)C)OC4. The van der Waals surface area contributed by atoms with Crippen LogP contribution in [0.3, 0.4) is 0 Å². The Morgan fingerprint density at radius 3 is 2.06 bits per heavy atom. The minimum Gasteiger partial charge on any atom is -0.496 e. The molecule has 12 heteroatoms. The van der Waals surface area contributed by atoms with Crippen LogP contribution in [-0.2, 0) is 47.3 Å². The quantitative estimate of drug-likeness (QED) is 0.186. The molecule has 3 aromatic carbocycles. The number of nitrogens with zero attached hydrogens (tertiary/aromatic N) is 1. The molecule has 1 unspecified atom stereocenters. The Bertz CT molecular complexity index is 1850. The van der Waals surface area contributed by atoms with Crippen LogP contribution in [-0.4, -0.2) is 68.3 Å². The van der Waals surface area contributed by atoms with Crippen molar-refractivity contribution < 1.29 is 52.3 Å². The first-order chi connectivity index (χ1) is 21.9. The first kappa shape index (κ1) is 33.8. The molecule has 0 saturated carbocycles. The molecular weight excluding hydrogens is 610 g/mol. The van der Waals surface area contributed by atoms with E-state index >= 15 is 0 Å². The summed E-state index contributed by atoms with van der Waals surface area (Å²) in [6.45, 7) is 11.6. The van der Waals surface area contributed by atoms with Gasteiger partial charge in [0.15, 0.2) is 5.75 Å². The van der Waals surface area contributed by atoms with Crippen LogP contribution < -0.4 is 18.9 Å². The van der Waals surface area contributed by atoms with Gasteiger partial charge in [-0.2, -0.15) is 0 Å². The summed E-state index contributed by atoms with van der Waals surface area (Å²) in [6, 6.07) is 3.53. The number of hydrogen-bond acceptors (Lipinski definition) is 11. The highest BCUT2D eigenvalue weighted by atomic mass is 16.6. The number of amides is 1. The topological polar surface area (TPSA) is 136 Å². The molecule has 0 bridgehead atoms. The van der Waals surface area contributed by atoms with Gasteiger partial charge >= 0.3 is 17.9 Å². The summed E-state index contributed by atoms with van der Waals surface area (Å²) in [6.07, 6.45) is -0.542. The van der Waals surface area contributed by atoms with E-state index in [0.29, 0.717) is 44.3 Å². The lowest BCUT2D eigenvalue weighted by Crippen LogP contribution is -2.44. The summed E-state index contributed by atoms with van der Waals surface area (Å²) >= 11 is 0. The molecule has 0 saturated heterocycles. The molecule has 5 rings (SSSR count). The maximum absolute atomic E-state index is 14.2. The van der Waals surface area contributed by atoms with Crippen molar-refractivity contribution >= 4 is 45.4 Å². The van der Waals surface area contributed by atoms with Crippen LogP contribution in [0.5, 0.6) is 23.0 Å². The van der Waals surface area contributed by atoms with E-state index < -0.39 is 41.1 Å². The minimum atomic E-state index is -2.02. The van der Waals surface area contributed by atoms with Crippen molar-refractivity contribution in [2.24, 2.45) is 0 Å². The molecule has 1 atom stereocenters. The third-order valence-electron chi connectivity index (χ3n) is 7.96. The fourth-order valence-corrected chi connectivity index (χ4v) is 6.42. The summed E-state index contributed by atoms with van der Waals surface area (Å²) in [5.74, 6) is -1.54. The molecule has 0 spiro atoms. The molecule has 0 N–H and O–H groups in total. The van der Waals surface area contributed by atoms with Crippen LogP contribution >= 0.6 is 0 Å². The Morgan fingerprint density at radius 1 is 0.872 bits per heavy atom. The Kier molecular flexibility index (Phi) is 8.33. The smallest absolute Gasteiger partial charge is 0.344 e. The van der Waals surface area contributed by atoms with Gasteiger partial charge < -0.3 is 38.1 Å². The van der Waals surface area contributed by atoms with Crippen molar-refractivity contribution in [3.63, 3.8) is 0 Å². The van der Waals surface area contributed by atoms with Crippen molar-refractivity contribution in [1.29, 1.82) is 0 Å². The molecule has 3 aromatic rings. The fourth-order valence-electron chi connectivity index (χ4n) is 6.42. The summed E-state index contributed by atoms with van der Waals surface area (Å²) < 4.78 is 41.5. The second-order valence-electron chi connectivity index (χ2n) is 13.7. The lowest BCUT2D eigenvalue weighted by Gasteiger charge is -2.33. The molecule has 2 aliphatic rings. The number of methoxy groups -OCH3 is 3. The van der Waals surface area contributed by atoms with E-state index in [1.54, 1.807) is 54.7 Å². The highest BCUT2D eigenvalue weighted by Crippen LogP contribution is 2.57. The number of hydrogen-bond donors (Lipinski definition) is 0. The molecule has 0 radical (unpaired) electrons. The first-order valence-electron chi connectivity index (χ1n) is 15.2. The summed E-state index contributed by atoms with van der Waals surface area (Å²) in [5.41, 5.74) is -2.24. The first-order valence-corrected chi connectivity index (χ1v) is 15.2. The van der Waals surface area contributed by atoms with E-state index in [1.807, 2.05) is 6.07 Å². The van der Waals surface area contributed by atoms with Gasteiger partial charge in [0, 0.05) is 42.4 Å². The van der Waals surface area contributed by atoms with E-state index in [2.05, 4.69) is 0 Å². The van der Waals surface area contributed by atoms with E-state index in [4.69, 9.17) is 33.2 Å². The van der Waals surface area contributed by atoms with Crippen LogP contribution in [0.1, 0.15) is 81.9 Å². The van der Waals surface area contributed by atoms with E-state index in [-0.39, 0.29) is 41.5 Å². The van der Waals surface area contributed by atoms with Gasteiger partial charge in [-0.25, -0.2) is 4.79 Å². The predicted octanol–water partition coefficient (Wildman–Crippen LogP) is 5.33. The molecule has 0 fully saturated rings. The van der Waals surface area contributed by atoms with Crippen LogP contribution in [0.25, 0.3) is 21.5 Å². The highest BCUT2D eigenvalue weighted by molar-refractivity contribution is 6.17. The molecule has 0 aliphatic carbocycles. The van der Waals surface area contributed by atoms with Gasteiger partial charge in [0.2, 0.25) is 5.60 Å². The third kappa shape index (κ3) is 5.68. The van der Waals surface area contributed by atoms with Crippen LogP contribution in [0.2, 0.25) is 0 Å². The average molecular weight is 652 g/mol. The molecule has 47 heavy (non-hydrogen) atoms. The standard InChI is InChI=1S/C35H41NO11/c1-17(37)45-29-24-18(13-22(41-9)25-20(24)15-36(8)31(25)39)12-19-26(29)30(43-11)27-21(28(19)42-10)16-44-35(27,32(40)47-34(5,6)7)14-23(38)46-33(2,3)4/h12-13H,14-16H2,1-11H3. The van der Waals surface area contributed by atoms with Gasteiger partial charge in [-0.1, -0.05) is 0 Å². The van der Waals surface area contributed by atoms with Crippen LogP contribution in [0.4, 0.5) is 0 Å². The number of carbonyl (C=O) groups excluding carboxylic acids is 4. The Labute approximate surface area is 273 Å². The summed E-state index contributed by atoms with van der Waals surface area (Å²) in [7, 11) is 6.02. The van der Waals surface area contributed by atoms with Crippen LogP contribution in [0.15, 0.2) is 12.1 Å². The summed E-state index contributed by atoms with van der Waals surface area (Å²) in [5, 5.41) is 1.85. The number of fused-ring (bicyclic) bond motifs is 5.